The van der Waals surface area contributed by atoms with Crippen molar-refractivity contribution in [2.45, 2.75) is 37.7 Å². The highest BCUT2D eigenvalue weighted by Crippen LogP contribution is 2.60. The Hall–Kier alpha value is -0.570. The first-order valence-corrected chi connectivity index (χ1v) is 5.39. The molecule has 0 radical (unpaired) electrons. The van der Waals surface area contributed by atoms with E-state index in [9.17, 15) is 4.79 Å². The van der Waals surface area contributed by atoms with Gasteiger partial charge in [-0.15, -0.1) is 0 Å². The third kappa shape index (κ3) is 1.26. The Bertz CT molecular complexity index is 239. The number of methoxy groups -OCH3 is 2. The van der Waals surface area contributed by atoms with E-state index in [1.165, 1.54) is 26.4 Å². The first-order valence-electron chi connectivity index (χ1n) is 5.39. The number of esters is 1. The van der Waals surface area contributed by atoms with E-state index in [2.05, 4.69) is 0 Å². The Morgan fingerprint density at radius 1 is 1.29 bits per heavy atom. The quantitative estimate of drug-likeness (QED) is 0.634. The van der Waals surface area contributed by atoms with Crippen LogP contribution >= 0.6 is 0 Å². The second-order valence-electron chi connectivity index (χ2n) is 4.37. The summed E-state index contributed by atoms with van der Waals surface area (Å²) in [4.78, 5) is 11.5. The zero-order valence-corrected chi connectivity index (χ0v) is 8.91. The van der Waals surface area contributed by atoms with Gasteiger partial charge in [0.25, 0.3) is 0 Å². The summed E-state index contributed by atoms with van der Waals surface area (Å²) in [6.07, 6.45) is 5.82. The van der Waals surface area contributed by atoms with Crippen molar-refractivity contribution in [2.24, 2.45) is 11.8 Å². The minimum absolute atomic E-state index is 0.0119. The van der Waals surface area contributed by atoms with Gasteiger partial charge in [-0.2, -0.15) is 0 Å². The number of ether oxygens (including phenoxy) is 2. The van der Waals surface area contributed by atoms with E-state index in [1.807, 2.05) is 0 Å². The van der Waals surface area contributed by atoms with Crippen LogP contribution in [0.3, 0.4) is 0 Å². The molecule has 0 aromatic carbocycles. The van der Waals surface area contributed by atoms with Crippen molar-refractivity contribution < 1.29 is 14.3 Å². The molecule has 0 bridgehead atoms. The lowest BCUT2D eigenvalue weighted by Gasteiger charge is -2.14. The van der Waals surface area contributed by atoms with Gasteiger partial charge in [-0.25, -0.2) is 0 Å². The molecule has 3 nitrogen and oxygen atoms in total. The van der Waals surface area contributed by atoms with Crippen LogP contribution in [0.2, 0.25) is 0 Å². The van der Waals surface area contributed by atoms with Crippen LogP contribution in [0.5, 0.6) is 0 Å². The molecule has 0 amide bonds. The van der Waals surface area contributed by atoms with Crippen LogP contribution in [-0.2, 0) is 14.3 Å². The predicted molar refractivity (Wildman–Crippen MR) is 51.8 cm³/mol. The maximum absolute atomic E-state index is 11.5. The molecule has 0 heterocycles. The van der Waals surface area contributed by atoms with Gasteiger partial charge < -0.3 is 9.47 Å². The number of fused-ring (bicyclic) bond motifs is 1. The van der Waals surface area contributed by atoms with Gasteiger partial charge in [0.15, 0.2) is 0 Å². The topological polar surface area (TPSA) is 35.5 Å². The third-order valence-corrected chi connectivity index (χ3v) is 3.87. The molecule has 0 N–H and O–H groups in total. The van der Waals surface area contributed by atoms with Crippen LogP contribution in [-0.4, -0.2) is 25.8 Å². The van der Waals surface area contributed by atoms with E-state index in [-0.39, 0.29) is 17.5 Å². The van der Waals surface area contributed by atoms with E-state index in [0.29, 0.717) is 5.92 Å². The molecular formula is C11H18O3. The van der Waals surface area contributed by atoms with Gasteiger partial charge >= 0.3 is 5.97 Å². The molecule has 2 saturated carbocycles. The molecule has 80 valence electrons. The molecule has 0 saturated heterocycles. The molecule has 2 aliphatic carbocycles. The normalized spacial score (nSPS) is 41.0. The van der Waals surface area contributed by atoms with Gasteiger partial charge in [-0.1, -0.05) is 19.3 Å². The van der Waals surface area contributed by atoms with Crippen molar-refractivity contribution in [3.8, 4) is 0 Å². The number of hydrogen-bond donors (Lipinski definition) is 0. The van der Waals surface area contributed by atoms with Gasteiger partial charge in [0, 0.05) is 13.0 Å². The van der Waals surface area contributed by atoms with Crippen molar-refractivity contribution in [1.82, 2.24) is 0 Å². The van der Waals surface area contributed by atoms with Crippen LogP contribution in [0.15, 0.2) is 0 Å². The monoisotopic (exact) mass is 198 g/mol. The van der Waals surface area contributed by atoms with Gasteiger partial charge in [0.1, 0.15) is 0 Å². The molecule has 2 rings (SSSR count). The molecule has 3 heteroatoms. The van der Waals surface area contributed by atoms with Crippen molar-refractivity contribution in [1.29, 1.82) is 0 Å². The number of carbonyl (C=O) groups is 1. The van der Waals surface area contributed by atoms with Gasteiger partial charge in [0.05, 0.1) is 18.6 Å². The van der Waals surface area contributed by atoms with Crippen LogP contribution < -0.4 is 0 Å². The highest BCUT2D eigenvalue weighted by molar-refractivity contribution is 5.78. The second-order valence-corrected chi connectivity index (χ2v) is 4.37. The Morgan fingerprint density at radius 3 is 2.71 bits per heavy atom. The SMILES string of the molecule is COC(=O)C1[C@H]2CCCCC[C@@]12OC. The summed E-state index contributed by atoms with van der Waals surface area (Å²) in [5.74, 6) is 0.346. The van der Waals surface area contributed by atoms with E-state index in [0.717, 1.165) is 12.8 Å². The Labute approximate surface area is 84.8 Å². The van der Waals surface area contributed by atoms with E-state index < -0.39 is 0 Å². The smallest absolute Gasteiger partial charge is 0.312 e. The number of hydrogen-bond acceptors (Lipinski definition) is 3. The zero-order chi connectivity index (χ0) is 10.2. The molecule has 2 fully saturated rings. The van der Waals surface area contributed by atoms with Gasteiger partial charge in [0.2, 0.25) is 0 Å². The summed E-state index contributed by atoms with van der Waals surface area (Å²) in [6, 6.07) is 0. The van der Waals surface area contributed by atoms with Crippen molar-refractivity contribution >= 4 is 5.97 Å². The molecule has 0 aromatic rings. The van der Waals surface area contributed by atoms with Crippen LogP contribution in [0, 0.1) is 11.8 Å². The third-order valence-electron chi connectivity index (χ3n) is 3.87. The molecule has 2 aliphatic rings. The standard InChI is InChI=1S/C11H18O3/c1-13-10(12)9-8-6-4-3-5-7-11(8,9)14-2/h8-9H,3-7H2,1-2H3/t8-,9?,11+/m1/s1. The lowest BCUT2D eigenvalue weighted by atomic mass is 10.1. The average molecular weight is 198 g/mol. The zero-order valence-electron chi connectivity index (χ0n) is 8.91. The molecule has 3 atom stereocenters. The van der Waals surface area contributed by atoms with E-state index in [1.54, 1.807) is 7.11 Å². The molecule has 14 heavy (non-hydrogen) atoms. The fraction of sp³-hybridized carbons (Fsp3) is 0.909. The second kappa shape index (κ2) is 3.54. The minimum atomic E-state index is -0.163. The first-order chi connectivity index (χ1) is 6.76. The summed E-state index contributed by atoms with van der Waals surface area (Å²) in [7, 11) is 3.19. The highest BCUT2D eigenvalue weighted by Gasteiger charge is 2.68. The Balaban J connectivity index is 2.11. The number of rotatable bonds is 2. The summed E-state index contributed by atoms with van der Waals surface area (Å²) < 4.78 is 10.4. The summed E-state index contributed by atoms with van der Waals surface area (Å²) in [6.45, 7) is 0. The summed E-state index contributed by atoms with van der Waals surface area (Å²) >= 11 is 0. The number of carbonyl (C=O) groups excluding carboxylic acids is 1. The van der Waals surface area contributed by atoms with Crippen LogP contribution in [0.4, 0.5) is 0 Å². The highest BCUT2D eigenvalue weighted by atomic mass is 16.5. The lowest BCUT2D eigenvalue weighted by molar-refractivity contribution is -0.144. The fourth-order valence-corrected chi connectivity index (χ4v) is 3.06. The van der Waals surface area contributed by atoms with Gasteiger partial charge in [-0.3, -0.25) is 4.79 Å². The van der Waals surface area contributed by atoms with E-state index in [4.69, 9.17) is 9.47 Å². The van der Waals surface area contributed by atoms with Crippen LogP contribution in [0.1, 0.15) is 32.1 Å². The maximum Gasteiger partial charge on any atom is 0.312 e. The molecule has 0 spiro atoms. The lowest BCUT2D eigenvalue weighted by Crippen LogP contribution is -2.20. The summed E-state index contributed by atoms with van der Waals surface area (Å²) in [5.41, 5.74) is -0.163. The Morgan fingerprint density at radius 2 is 2.07 bits per heavy atom. The summed E-state index contributed by atoms with van der Waals surface area (Å²) in [5, 5.41) is 0. The van der Waals surface area contributed by atoms with Gasteiger partial charge in [-0.05, 0) is 12.8 Å². The van der Waals surface area contributed by atoms with Crippen LogP contribution in [0.25, 0.3) is 0 Å². The predicted octanol–water partition coefficient (Wildman–Crippen LogP) is 1.75. The van der Waals surface area contributed by atoms with Crippen molar-refractivity contribution in [3.05, 3.63) is 0 Å². The Kier molecular flexibility index (Phi) is 2.52. The maximum atomic E-state index is 11.5. The molecule has 0 aliphatic heterocycles. The van der Waals surface area contributed by atoms with Crippen molar-refractivity contribution in [2.75, 3.05) is 14.2 Å². The van der Waals surface area contributed by atoms with E-state index >= 15 is 0 Å². The largest absolute Gasteiger partial charge is 0.469 e. The molecule has 0 aromatic heterocycles. The molecular weight excluding hydrogens is 180 g/mol. The average Bonchev–Trinajstić information content (AvgIpc) is 2.87. The minimum Gasteiger partial charge on any atom is -0.469 e. The molecule has 1 unspecified atom stereocenters. The van der Waals surface area contributed by atoms with Crippen molar-refractivity contribution in [3.63, 3.8) is 0 Å². The first kappa shape index (κ1) is 9.97. The fourth-order valence-electron chi connectivity index (χ4n) is 3.06.